The van der Waals surface area contributed by atoms with Crippen LogP contribution in [0.25, 0.3) is 0 Å². The smallest absolute Gasteiger partial charge is 0.241 e. The number of nitrogens with zero attached hydrogens (tertiary/aromatic N) is 1. The normalized spacial score (nSPS) is 10.7. The molecule has 1 rings (SSSR count). The first kappa shape index (κ1) is 15.1. The second-order valence-electron chi connectivity index (χ2n) is 3.81. The lowest BCUT2D eigenvalue weighted by Crippen LogP contribution is -2.37. The van der Waals surface area contributed by atoms with Crippen LogP contribution in [0.1, 0.15) is 18.9 Å². The lowest BCUT2D eigenvalue weighted by molar-refractivity contribution is -0.119. The van der Waals surface area contributed by atoms with Gasteiger partial charge in [0, 0.05) is 6.54 Å². The Morgan fingerprint density at radius 1 is 1.32 bits per heavy atom. The standard InChI is InChI=1S/C12H15N3O3S/c1-2-7-14-12(16)9-15-19(17,18)11-5-3-10(8-13)4-6-11/h3-6,15H,2,7,9H2,1H3,(H,14,16). The second kappa shape index (κ2) is 6.87. The summed E-state index contributed by atoms with van der Waals surface area (Å²) < 4.78 is 25.9. The molecule has 7 heteroatoms. The Labute approximate surface area is 112 Å². The largest absolute Gasteiger partial charge is 0.355 e. The van der Waals surface area contributed by atoms with Gasteiger partial charge in [-0.1, -0.05) is 6.92 Å². The highest BCUT2D eigenvalue weighted by molar-refractivity contribution is 7.89. The Kier molecular flexibility index (Phi) is 5.48. The van der Waals surface area contributed by atoms with Gasteiger partial charge in [0.2, 0.25) is 15.9 Å². The van der Waals surface area contributed by atoms with E-state index in [1.165, 1.54) is 24.3 Å². The van der Waals surface area contributed by atoms with Gasteiger partial charge in [-0.3, -0.25) is 4.79 Å². The number of rotatable bonds is 6. The SMILES string of the molecule is CCCNC(=O)CNS(=O)(=O)c1ccc(C#N)cc1. The lowest BCUT2D eigenvalue weighted by atomic mass is 10.2. The van der Waals surface area contributed by atoms with Crippen molar-refractivity contribution in [1.82, 2.24) is 10.0 Å². The fourth-order valence-electron chi connectivity index (χ4n) is 1.28. The summed E-state index contributed by atoms with van der Waals surface area (Å²) in [4.78, 5) is 11.3. The van der Waals surface area contributed by atoms with Crippen LogP contribution in [0, 0.1) is 11.3 Å². The quantitative estimate of drug-likeness (QED) is 0.786. The molecule has 0 fully saturated rings. The van der Waals surface area contributed by atoms with Crippen molar-refractivity contribution >= 4 is 15.9 Å². The van der Waals surface area contributed by atoms with Gasteiger partial charge in [-0.2, -0.15) is 5.26 Å². The van der Waals surface area contributed by atoms with E-state index in [2.05, 4.69) is 10.0 Å². The van der Waals surface area contributed by atoms with Crippen molar-refractivity contribution in [3.63, 3.8) is 0 Å². The van der Waals surface area contributed by atoms with E-state index in [9.17, 15) is 13.2 Å². The van der Waals surface area contributed by atoms with Gasteiger partial charge in [0.15, 0.2) is 0 Å². The first-order valence-electron chi connectivity index (χ1n) is 5.76. The number of sulfonamides is 1. The van der Waals surface area contributed by atoms with Crippen molar-refractivity contribution in [2.45, 2.75) is 18.2 Å². The van der Waals surface area contributed by atoms with Crippen molar-refractivity contribution in [2.24, 2.45) is 0 Å². The maximum atomic E-state index is 11.8. The molecule has 0 aliphatic carbocycles. The Hall–Kier alpha value is -1.91. The molecule has 0 heterocycles. The second-order valence-corrected chi connectivity index (χ2v) is 5.58. The average Bonchev–Trinajstić information content (AvgIpc) is 2.43. The molecule has 0 bridgehead atoms. The maximum absolute atomic E-state index is 11.8. The minimum atomic E-state index is -3.73. The van der Waals surface area contributed by atoms with Gasteiger partial charge in [0.25, 0.3) is 0 Å². The molecule has 0 unspecified atom stereocenters. The molecule has 0 radical (unpaired) electrons. The monoisotopic (exact) mass is 281 g/mol. The van der Waals surface area contributed by atoms with Gasteiger partial charge in [-0.15, -0.1) is 0 Å². The van der Waals surface area contributed by atoms with Crippen molar-refractivity contribution < 1.29 is 13.2 Å². The Bertz CT molecular complexity index is 573. The molecule has 19 heavy (non-hydrogen) atoms. The molecular formula is C12H15N3O3S. The Morgan fingerprint density at radius 2 is 1.95 bits per heavy atom. The highest BCUT2D eigenvalue weighted by Gasteiger charge is 2.14. The highest BCUT2D eigenvalue weighted by atomic mass is 32.2. The predicted molar refractivity (Wildman–Crippen MR) is 69.6 cm³/mol. The van der Waals surface area contributed by atoms with Crippen LogP contribution in [-0.2, 0) is 14.8 Å². The summed E-state index contributed by atoms with van der Waals surface area (Å²) in [5, 5.41) is 11.2. The molecule has 0 aromatic heterocycles. The van der Waals surface area contributed by atoms with E-state index in [0.29, 0.717) is 12.1 Å². The van der Waals surface area contributed by atoms with Crippen LogP contribution in [0.4, 0.5) is 0 Å². The number of carbonyl (C=O) groups is 1. The van der Waals surface area contributed by atoms with Gasteiger partial charge >= 0.3 is 0 Å². The minimum Gasteiger partial charge on any atom is -0.355 e. The number of carbonyl (C=O) groups excluding carboxylic acids is 1. The first-order chi connectivity index (χ1) is 8.99. The predicted octanol–water partition coefficient (Wildman–Crippen LogP) is 0.363. The van der Waals surface area contributed by atoms with E-state index in [-0.39, 0.29) is 17.3 Å². The topological polar surface area (TPSA) is 99.1 Å². The number of hydrogen-bond acceptors (Lipinski definition) is 4. The molecule has 102 valence electrons. The minimum absolute atomic E-state index is 0.0230. The van der Waals surface area contributed by atoms with E-state index in [4.69, 9.17) is 5.26 Å². The van der Waals surface area contributed by atoms with Crippen LogP contribution in [0.2, 0.25) is 0 Å². The van der Waals surface area contributed by atoms with Gasteiger partial charge in [0.1, 0.15) is 0 Å². The molecule has 0 atom stereocenters. The molecule has 0 saturated heterocycles. The van der Waals surface area contributed by atoms with Crippen molar-refractivity contribution in [3.05, 3.63) is 29.8 Å². The van der Waals surface area contributed by atoms with E-state index in [0.717, 1.165) is 6.42 Å². The van der Waals surface area contributed by atoms with Gasteiger partial charge in [0.05, 0.1) is 23.1 Å². The number of nitrogens with one attached hydrogen (secondary N) is 2. The molecule has 0 aliphatic rings. The van der Waals surface area contributed by atoms with Crippen molar-refractivity contribution in [1.29, 1.82) is 5.26 Å². The average molecular weight is 281 g/mol. The van der Waals surface area contributed by atoms with Gasteiger partial charge in [-0.25, -0.2) is 13.1 Å². The number of nitriles is 1. The van der Waals surface area contributed by atoms with Crippen molar-refractivity contribution in [2.75, 3.05) is 13.1 Å². The summed E-state index contributed by atoms with van der Waals surface area (Å²) in [5.74, 6) is -0.376. The molecule has 0 saturated carbocycles. The molecule has 1 amide bonds. The van der Waals surface area contributed by atoms with Gasteiger partial charge in [-0.05, 0) is 30.7 Å². The van der Waals surface area contributed by atoms with Gasteiger partial charge < -0.3 is 5.32 Å². The first-order valence-corrected chi connectivity index (χ1v) is 7.24. The van der Waals surface area contributed by atoms with E-state index in [1.807, 2.05) is 13.0 Å². The Morgan fingerprint density at radius 3 is 2.47 bits per heavy atom. The summed E-state index contributed by atoms with van der Waals surface area (Å²) in [5.41, 5.74) is 0.375. The van der Waals surface area contributed by atoms with E-state index >= 15 is 0 Å². The fraction of sp³-hybridized carbons (Fsp3) is 0.333. The molecular weight excluding hydrogens is 266 g/mol. The number of hydrogen-bond donors (Lipinski definition) is 2. The third kappa shape index (κ3) is 4.69. The third-order valence-electron chi connectivity index (χ3n) is 2.29. The zero-order valence-corrected chi connectivity index (χ0v) is 11.3. The van der Waals surface area contributed by atoms with Crippen molar-refractivity contribution in [3.8, 4) is 6.07 Å². The third-order valence-corrected chi connectivity index (χ3v) is 3.71. The van der Waals surface area contributed by atoms with E-state index in [1.54, 1.807) is 0 Å². The van der Waals surface area contributed by atoms with Crippen LogP contribution in [0.15, 0.2) is 29.2 Å². The van der Waals surface area contributed by atoms with Crippen LogP contribution < -0.4 is 10.0 Å². The summed E-state index contributed by atoms with van der Waals surface area (Å²) in [6.07, 6.45) is 0.786. The number of benzene rings is 1. The maximum Gasteiger partial charge on any atom is 0.241 e. The van der Waals surface area contributed by atoms with Crippen LogP contribution >= 0.6 is 0 Å². The molecule has 2 N–H and O–H groups in total. The van der Waals surface area contributed by atoms with Crippen LogP contribution in [-0.4, -0.2) is 27.4 Å². The Balaban J connectivity index is 2.65. The van der Waals surface area contributed by atoms with Crippen LogP contribution in [0.5, 0.6) is 0 Å². The summed E-state index contributed by atoms with van der Waals surface area (Å²) in [7, 11) is -3.73. The molecule has 0 spiro atoms. The summed E-state index contributed by atoms with van der Waals surface area (Å²) in [6, 6.07) is 7.37. The van der Waals surface area contributed by atoms with Crippen LogP contribution in [0.3, 0.4) is 0 Å². The van der Waals surface area contributed by atoms with E-state index < -0.39 is 10.0 Å². The molecule has 1 aromatic rings. The summed E-state index contributed by atoms with van der Waals surface area (Å²) >= 11 is 0. The fourth-order valence-corrected chi connectivity index (χ4v) is 2.26. The lowest BCUT2D eigenvalue weighted by Gasteiger charge is -2.07. The highest BCUT2D eigenvalue weighted by Crippen LogP contribution is 2.09. The molecule has 1 aromatic carbocycles. The molecule has 6 nitrogen and oxygen atoms in total. The zero-order valence-electron chi connectivity index (χ0n) is 10.5. The molecule has 0 aliphatic heterocycles. The zero-order chi connectivity index (χ0) is 14.3. The number of amides is 1. The summed E-state index contributed by atoms with van der Waals surface area (Å²) in [6.45, 7) is 2.11.